The average molecular weight is 226 g/mol. The summed E-state index contributed by atoms with van der Waals surface area (Å²) >= 11 is 0. The summed E-state index contributed by atoms with van der Waals surface area (Å²) in [6.07, 6.45) is 2.81. The van der Waals surface area contributed by atoms with Crippen molar-refractivity contribution in [2.45, 2.75) is 78.2 Å². The molecule has 0 atom stereocenters. The highest BCUT2D eigenvalue weighted by atomic mass is 16.4. The van der Waals surface area contributed by atoms with Crippen LogP contribution in [0.25, 0.3) is 0 Å². The molecule has 1 saturated carbocycles. The number of carbonyl (C=O) groups is 1. The predicted molar refractivity (Wildman–Crippen MR) is 76.7 cm³/mol. The molecule has 0 unspecified atom stereocenters. The van der Waals surface area contributed by atoms with Gasteiger partial charge in [0.25, 0.3) is 0 Å². The molecular weight excluding hydrogens is 188 g/mol. The van der Waals surface area contributed by atoms with Gasteiger partial charge in [-0.05, 0) is 19.8 Å². The monoisotopic (exact) mass is 226 g/mol. The maximum atomic E-state index is 10.3. The van der Waals surface area contributed by atoms with E-state index in [1.165, 1.54) is 0 Å². The molecule has 0 aromatic heterocycles. The van der Waals surface area contributed by atoms with Crippen molar-refractivity contribution in [1.82, 2.24) is 0 Å². The molecule has 2 nitrogen and oxygen atoms in total. The number of hydrogen-bond acceptors (Lipinski definition) is 1. The van der Waals surface area contributed by atoms with E-state index in [-0.39, 0.29) is 57.4 Å². The lowest BCUT2D eigenvalue weighted by Gasteiger charge is -2.33. The van der Waals surface area contributed by atoms with Crippen LogP contribution in [0.15, 0.2) is 0 Å². The summed E-state index contributed by atoms with van der Waals surface area (Å²) in [7, 11) is 0. The number of rotatable bonds is 1. The van der Waals surface area contributed by atoms with Crippen molar-refractivity contribution in [3.8, 4) is 0 Å². The zero-order valence-electron chi connectivity index (χ0n) is 4.98. The van der Waals surface area contributed by atoms with Crippen molar-refractivity contribution in [1.29, 1.82) is 0 Å². The fourth-order valence-electron chi connectivity index (χ4n) is 0.921. The Balaban J connectivity index is -0.0000000183. The summed E-state index contributed by atoms with van der Waals surface area (Å²) in [4.78, 5) is 10.3. The summed E-state index contributed by atoms with van der Waals surface area (Å²) in [6.45, 7) is 1.80. The van der Waals surface area contributed by atoms with Gasteiger partial charge in [-0.3, -0.25) is 4.79 Å². The highest BCUT2D eigenvalue weighted by Crippen LogP contribution is 2.40. The number of carboxylic acids is 1. The van der Waals surface area contributed by atoms with E-state index < -0.39 is 5.97 Å². The van der Waals surface area contributed by atoms with Crippen LogP contribution in [0, 0.1) is 5.41 Å². The van der Waals surface area contributed by atoms with Crippen molar-refractivity contribution in [2.75, 3.05) is 0 Å². The molecular formula is C13H38O2. The summed E-state index contributed by atoms with van der Waals surface area (Å²) in [5, 5.41) is 8.49. The van der Waals surface area contributed by atoms with Gasteiger partial charge in [0.2, 0.25) is 0 Å². The maximum absolute atomic E-state index is 10.3. The van der Waals surface area contributed by atoms with Crippen LogP contribution in [0.2, 0.25) is 0 Å². The van der Waals surface area contributed by atoms with Crippen molar-refractivity contribution in [3.63, 3.8) is 0 Å². The van der Waals surface area contributed by atoms with E-state index in [1.54, 1.807) is 6.92 Å². The Labute approximate surface area is 100 Å². The number of carboxylic acid groups (broad SMARTS) is 1. The molecule has 1 fully saturated rings. The SMILES string of the molecule is C.C.C.C.C.C.C.CC1(C(=O)O)CCC1. The summed E-state index contributed by atoms with van der Waals surface area (Å²) < 4.78 is 0. The topological polar surface area (TPSA) is 37.3 Å². The van der Waals surface area contributed by atoms with Crippen LogP contribution in [-0.4, -0.2) is 11.1 Å². The zero-order chi connectivity index (χ0) is 6.20. The van der Waals surface area contributed by atoms with Crippen LogP contribution in [0.4, 0.5) is 0 Å². The van der Waals surface area contributed by atoms with Crippen LogP contribution in [-0.2, 0) is 4.79 Å². The second-order valence-electron chi connectivity index (χ2n) is 2.72. The van der Waals surface area contributed by atoms with Crippen LogP contribution in [0.3, 0.4) is 0 Å². The minimum atomic E-state index is -0.635. The van der Waals surface area contributed by atoms with Crippen LogP contribution in [0.5, 0.6) is 0 Å². The fourth-order valence-corrected chi connectivity index (χ4v) is 0.921. The molecule has 1 N–H and O–H groups in total. The standard InChI is InChI=1S/C6H10O2.7CH4/c1-6(5(7)8)3-2-4-6;;;;;;;/h2-4H2,1H3,(H,7,8);7*1H4. The molecule has 0 bridgehead atoms. The van der Waals surface area contributed by atoms with E-state index in [0.717, 1.165) is 19.3 Å². The first-order valence-corrected chi connectivity index (χ1v) is 2.88. The molecule has 0 amide bonds. The molecule has 0 radical (unpaired) electrons. The number of aliphatic carboxylic acids is 1. The van der Waals surface area contributed by atoms with Gasteiger partial charge in [-0.1, -0.05) is 58.4 Å². The highest BCUT2D eigenvalue weighted by Gasteiger charge is 2.38. The third-order valence-electron chi connectivity index (χ3n) is 1.97. The molecule has 1 aliphatic carbocycles. The zero-order valence-corrected chi connectivity index (χ0v) is 4.98. The molecule has 2 heteroatoms. The van der Waals surface area contributed by atoms with Gasteiger partial charge in [0, 0.05) is 0 Å². The van der Waals surface area contributed by atoms with Gasteiger partial charge in [0.05, 0.1) is 5.41 Å². The lowest BCUT2D eigenvalue weighted by Crippen LogP contribution is -2.34. The highest BCUT2D eigenvalue weighted by molar-refractivity contribution is 5.75. The second kappa shape index (κ2) is 15.9. The van der Waals surface area contributed by atoms with E-state index in [1.807, 2.05) is 0 Å². The Morgan fingerprint density at radius 3 is 1.20 bits per heavy atom. The molecule has 0 spiro atoms. The average Bonchev–Trinajstić information content (AvgIpc) is 1.60. The minimum absolute atomic E-state index is 0. The normalized spacial score (nSPS) is 12.9. The molecule has 1 aliphatic rings. The van der Waals surface area contributed by atoms with Gasteiger partial charge < -0.3 is 5.11 Å². The van der Waals surface area contributed by atoms with Gasteiger partial charge in [-0.25, -0.2) is 0 Å². The molecule has 0 aromatic carbocycles. The Hall–Kier alpha value is -0.530. The Morgan fingerprint density at radius 1 is 0.933 bits per heavy atom. The van der Waals surface area contributed by atoms with Gasteiger partial charge in [0.15, 0.2) is 0 Å². The first kappa shape index (κ1) is 47.1. The minimum Gasteiger partial charge on any atom is -0.481 e. The molecule has 0 aliphatic heterocycles. The lowest BCUT2D eigenvalue weighted by molar-refractivity contribution is -0.152. The summed E-state index contributed by atoms with van der Waals surface area (Å²) in [5.74, 6) is -0.635. The lowest BCUT2D eigenvalue weighted by atomic mass is 9.71. The molecule has 0 saturated heterocycles. The Bertz CT molecular complexity index is 116. The van der Waals surface area contributed by atoms with Gasteiger partial charge in [-0.2, -0.15) is 0 Å². The molecule has 0 heterocycles. The van der Waals surface area contributed by atoms with Crippen molar-refractivity contribution >= 4 is 5.97 Å². The molecule has 0 aromatic rings. The largest absolute Gasteiger partial charge is 0.481 e. The van der Waals surface area contributed by atoms with E-state index in [2.05, 4.69) is 0 Å². The quantitative estimate of drug-likeness (QED) is 0.621. The summed E-state index contributed by atoms with van der Waals surface area (Å²) in [6, 6.07) is 0. The van der Waals surface area contributed by atoms with Crippen LogP contribution in [0.1, 0.15) is 78.2 Å². The first-order chi connectivity index (χ1) is 3.65. The fraction of sp³-hybridized carbons (Fsp3) is 0.923. The summed E-state index contributed by atoms with van der Waals surface area (Å²) in [5.41, 5.74) is -0.361. The van der Waals surface area contributed by atoms with E-state index in [4.69, 9.17) is 5.11 Å². The molecule has 15 heavy (non-hydrogen) atoms. The molecule has 102 valence electrons. The second-order valence-corrected chi connectivity index (χ2v) is 2.72. The smallest absolute Gasteiger partial charge is 0.309 e. The Kier molecular flexibility index (Phi) is 49.9. The van der Waals surface area contributed by atoms with Crippen LogP contribution < -0.4 is 0 Å². The number of hydrogen-bond donors (Lipinski definition) is 1. The maximum Gasteiger partial charge on any atom is 0.309 e. The third-order valence-corrected chi connectivity index (χ3v) is 1.97. The van der Waals surface area contributed by atoms with E-state index >= 15 is 0 Å². The van der Waals surface area contributed by atoms with Gasteiger partial charge in [-0.15, -0.1) is 0 Å². The Morgan fingerprint density at radius 2 is 1.20 bits per heavy atom. The molecule has 1 rings (SSSR count). The third kappa shape index (κ3) is 9.77. The van der Waals surface area contributed by atoms with Crippen molar-refractivity contribution in [2.24, 2.45) is 5.41 Å². The van der Waals surface area contributed by atoms with Crippen molar-refractivity contribution in [3.05, 3.63) is 0 Å². The first-order valence-electron chi connectivity index (χ1n) is 2.88. The predicted octanol–water partition coefficient (Wildman–Crippen LogP) is 5.71. The van der Waals surface area contributed by atoms with E-state index in [9.17, 15) is 4.79 Å². The van der Waals surface area contributed by atoms with Gasteiger partial charge >= 0.3 is 5.97 Å². The van der Waals surface area contributed by atoms with Gasteiger partial charge in [0.1, 0.15) is 0 Å². The van der Waals surface area contributed by atoms with E-state index in [0.29, 0.717) is 0 Å². The van der Waals surface area contributed by atoms with Crippen LogP contribution >= 0.6 is 0 Å². The van der Waals surface area contributed by atoms with Crippen molar-refractivity contribution < 1.29 is 9.90 Å².